The van der Waals surface area contributed by atoms with Crippen molar-refractivity contribution >= 4 is 28.3 Å². The Balaban J connectivity index is 1.52. The lowest BCUT2D eigenvalue weighted by Gasteiger charge is -2.19. The highest BCUT2D eigenvalue weighted by Crippen LogP contribution is 2.18. The van der Waals surface area contributed by atoms with Gasteiger partial charge in [0, 0.05) is 28.9 Å². The molecular weight excluding hydrogens is 332 g/mol. The zero-order valence-corrected chi connectivity index (χ0v) is 14.0. The largest absolute Gasteiger partial charge is 0.618 e. The zero-order valence-electron chi connectivity index (χ0n) is 14.0. The molecule has 26 heavy (non-hydrogen) atoms. The van der Waals surface area contributed by atoms with Gasteiger partial charge in [0.2, 0.25) is 5.84 Å². The summed E-state index contributed by atoms with van der Waals surface area (Å²) < 4.78 is 0.740. The molecule has 0 saturated heterocycles. The van der Waals surface area contributed by atoms with E-state index in [9.17, 15) is 10.0 Å². The van der Waals surface area contributed by atoms with E-state index in [1.54, 1.807) is 31.3 Å². The number of H-pyrrole nitrogens is 1. The highest BCUT2D eigenvalue weighted by molar-refractivity contribution is 6.08. The van der Waals surface area contributed by atoms with E-state index in [2.05, 4.69) is 25.8 Å². The molecule has 2 aromatic heterocycles. The van der Waals surface area contributed by atoms with E-state index in [1.165, 1.54) is 6.20 Å². The van der Waals surface area contributed by atoms with Crippen LogP contribution in [-0.2, 0) is 4.79 Å². The molecule has 1 amide bonds. The quantitative estimate of drug-likeness (QED) is 0.492. The fraction of sp³-hybridized carbons (Fsp3) is 0.111. The van der Waals surface area contributed by atoms with Crippen LogP contribution in [0.5, 0.6) is 0 Å². The summed E-state index contributed by atoms with van der Waals surface area (Å²) in [5.41, 5.74) is 3.19. The number of hydrogen-bond acceptors (Lipinski definition) is 5. The van der Waals surface area contributed by atoms with E-state index < -0.39 is 0 Å². The van der Waals surface area contributed by atoms with Gasteiger partial charge in [0.05, 0.1) is 23.8 Å². The van der Waals surface area contributed by atoms with Gasteiger partial charge in [-0.2, -0.15) is 9.83 Å². The highest BCUT2D eigenvalue weighted by Gasteiger charge is 2.22. The number of nitrogens with one attached hydrogen (secondary N) is 3. The number of anilines is 1. The van der Waals surface area contributed by atoms with Crippen molar-refractivity contribution in [3.05, 3.63) is 71.0 Å². The number of hydrogen-bond donors (Lipinski definition) is 3. The summed E-state index contributed by atoms with van der Waals surface area (Å²) in [6.07, 6.45) is 3.11. The van der Waals surface area contributed by atoms with Crippen molar-refractivity contribution in [2.75, 3.05) is 11.9 Å². The first kappa shape index (κ1) is 15.8. The summed E-state index contributed by atoms with van der Waals surface area (Å²) >= 11 is 0. The second kappa shape index (κ2) is 6.32. The van der Waals surface area contributed by atoms with Gasteiger partial charge in [0.25, 0.3) is 11.6 Å². The number of aromatic amines is 1. The molecule has 0 aliphatic carbocycles. The van der Waals surface area contributed by atoms with Gasteiger partial charge in [-0.25, -0.2) is 0 Å². The number of rotatable bonds is 3. The van der Waals surface area contributed by atoms with Gasteiger partial charge in [-0.05, 0) is 31.2 Å². The van der Waals surface area contributed by atoms with Gasteiger partial charge in [-0.15, -0.1) is 0 Å². The van der Waals surface area contributed by atoms with Crippen LogP contribution in [0.3, 0.4) is 0 Å². The van der Waals surface area contributed by atoms with Crippen LogP contribution in [0.25, 0.3) is 10.9 Å². The number of pyridine rings is 1. The average Bonchev–Trinajstić information content (AvgIpc) is 3.09. The summed E-state index contributed by atoms with van der Waals surface area (Å²) in [5, 5.41) is 25.5. The van der Waals surface area contributed by atoms with Gasteiger partial charge in [0.1, 0.15) is 0 Å². The molecule has 8 heteroatoms. The molecule has 1 aliphatic rings. The Labute approximate surface area is 148 Å². The maximum absolute atomic E-state index is 12.6. The average molecular weight is 348 g/mol. The van der Waals surface area contributed by atoms with Crippen LogP contribution >= 0.6 is 0 Å². The lowest BCUT2D eigenvalue weighted by Crippen LogP contribution is -2.41. The fourth-order valence-corrected chi connectivity index (χ4v) is 2.80. The van der Waals surface area contributed by atoms with Crippen LogP contribution in [0.2, 0.25) is 0 Å². The number of nitrogens with zero attached hydrogens (tertiary/aromatic N) is 3. The number of benzene rings is 1. The zero-order chi connectivity index (χ0) is 18.1. The van der Waals surface area contributed by atoms with E-state index in [4.69, 9.17) is 0 Å². The topological polar surface area (TPSA) is 109 Å². The van der Waals surface area contributed by atoms with Gasteiger partial charge in [-0.3, -0.25) is 14.9 Å². The van der Waals surface area contributed by atoms with Crippen molar-refractivity contribution < 1.29 is 9.52 Å². The predicted molar refractivity (Wildman–Crippen MR) is 97.4 cm³/mol. The normalized spacial score (nSPS) is 14.1. The van der Waals surface area contributed by atoms with Crippen molar-refractivity contribution in [2.24, 2.45) is 4.99 Å². The van der Waals surface area contributed by atoms with Crippen molar-refractivity contribution in [2.45, 2.75) is 6.92 Å². The minimum atomic E-state index is -0.233. The molecule has 4 rings (SSSR count). The number of fused-ring (bicyclic) bond motifs is 1. The van der Waals surface area contributed by atoms with Gasteiger partial charge in [0.15, 0.2) is 6.20 Å². The minimum Gasteiger partial charge on any atom is -0.618 e. The lowest BCUT2D eigenvalue weighted by molar-refractivity contribution is -0.607. The fourth-order valence-electron chi connectivity index (χ4n) is 2.80. The van der Waals surface area contributed by atoms with Crippen LogP contribution in [-0.4, -0.2) is 28.5 Å². The predicted octanol–water partition coefficient (Wildman–Crippen LogP) is 1.46. The molecule has 0 radical (unpaired) electrons. The molecule has 130 valence electrons. The summed E-state index contributed by atoms with van der Waals surface area (Å²) in [5.74, 6) is 0.221. The van der Waals surface area contributed by atoms with Crippen LogP contribution < -0.4 is 15.4 Å². The maximum atomic E-state index is 12.6. The Hall–Kier alpha value is -3.68. The van der Waals surface area contributed by atoms with Crippen molar-refractivity contribution in [3.8, 4) is 0 Å². The van der Waals surface area contributed by atoms with E-state index in [0.717, 1.165) is 15.6 Å². The molecule has 0 bridgehead atoms. The van der Waals surface area contributed by atoms with Crippen molar-refractivity contribution in [1.29, 1.82) is 0 Å². The smallest absolute Gasteiger partial charge is 0.259 e. The number of carbonyl (C=O) groups excluding carboxylic acids is 1. The second-order valence-electron chi connectivity index (χ2n) is 5.93. The third-order valence-corrected chi connectivity index (χ3v) is 4.19. The summed E-state index contributed by atoms with van der Waals surface area (Å²) in [4.78, 5) is 16.9. The SMILES string of the molecule is CC1=C(C(=O)Nc2ccc3[nH]ncc3c2)CN=C(c2cccc[n+]2[O-])N1. The number of amidine groups is 1. The highest BCUT2D eigenvalue weighted by atomic mass is 16.5. The summed E-state index contributed by atoms with van der Waals surface area (Å²) in [7, 11) is 0. The second-order valence-corrected chi connectivity index (χ2v) is 5.93. The van der Waals surface area contributed by atoms with Crippen LogP contribution in [0.4, 0.5) is 5.69 Å². The molecule has 0 saturated carbocycles. The summed E-state index contributed by atoms with van der Waals surface area (Å²) in [6.45, 7) is 1.99. The first-order valence-electron chi connectivity index (χ1n) is 8.06. The van der Waals surface area contributed by atoms with Crippen molar-refractivity contribution in [3.63, 3.8) is 0 Å². The number of aromatic nitrogens is 3. The first-order chi connectivity index (χ1) is 12.6. The molecule has 8 nitrogen and oxygen atoms in total. The minimum absolute atomic E-state index is 0.197. The third-order valence-electron chi connectivity index (χ3n) is 4.19. The number of aliphatic imine (C=N–C) groups is 1. The standard InChI is InChI=1S/C18H16N6O2/c1-11-14(10-19-17(21-11)16-4-2-3-7-24(16)26)18(25)22-13-5-6-15-12(8-13)9-20-23-15/h2-9H,10H2,1H3,(H,19,21)(H,20,23)(H,22,25). The molecule has 0 unspecified atom stereocenters. The molecule has 0 fully saturated rings. The van der Waals surface area contributed by atoms with E-state index in [-0.39, 0.29) is 12.5 Å². The van der Waals surface area contributed by atoms with E-state index in [0.29, 0.717) is 28.5 Å². The number of amides is 1. The van der Waals surface area contributed by atoms with Gasteiger partial charge < -0.3 is 15.8 Å². The van der Waals surface area contributed by atoms with Crippen LogP contribution in [0.15, 0.2) is 65.1 Å². The Morgan fingerprint density at radius 3 is 3.00 bits per heavy atom. The Bertz CT molecular complexity index is 1070. The number of allylic oxidation sites excluding steroid dienone is 1. The molecular formula is C18H16N6O2. The molecule has 1 aliphatic heterocycles. The van der Waals surface area contributed by atoms with Crippen LogP contribution in [0, 0.1) is 5.21 Å². The van der Waals surface area contributed by atoms with Crippen molar-refractivity contribution in [1.82, 2.24) is 15.5 Å². The van der Waals surface area contributed by atoms with Crippen LogP contribution in [0.1, 0.15) is 12.6 Å². The first-order valence-corrected chi connectivity index (χ1v) is 8.06. The molecule has 1 aromatic carbocycles. The lowest BCUT2D eigenvalue weighted by atomic mass is 10.1. The van der Waals surface area contributed by atoms with E-state index >= 15 is 0 Å². The number of carbonyl (C=O) groups is 1. The van der Waals surface area contributed by atoms with Gasteiger partial charge in [-0.1, -0.05) is 0 Å². The monoisotopic (exact) mass is 348 g/mol. The Kier molecular flexibility index (Phi) is 3.85. The molecule has 3 heterocycles. The molecule has 0 atom stereocenters. The third kappa shape index (κ3) is 2.88. The van der Waals surface area contributed by atoms with E-state index in [1.807, 2.05) is 18.2 Å². The molecule has 0 spiro atoms. The summed E-state index contributed by atoms with van der Waals surface area (Å²) in [6, 6.07) is 10.6. The maximum Gasteiger partial charge on any atom is 0.259 e. The molecule has 3 N–H and O–H groups in total. The Morgan fingerprint density at radius 2 is 2.19 bits per heavy atom. The Morgan fingerprint density at radius 1 is 1.31 bits per heavy atom. The van der Waals surface area contributed by atoms with Gasteiger partial charge >= 0.3 is 0 Å². The molecule has 3 aromatic rings.